The van der Waals surface area contributed by atoms with Crippen LogP contribution in [0.25, 0.3) is 21.9 Å². The molecule has 3 aromatic heterocycles. The number of piperazine rings is 1. The highest BCUT2D eigenvalue weighted by Gasteiger charge is 2.23. The first kappa shape index (κ1) is 20.7. The Kier molecular flexibility index (Phi) is 5.29. The Hall–Kier alpha value is -4.15. The largest absolute Gasteiger partial charge is 0.493 e. The van der Waals surface area contributed by atoms with Crippen LogP contribution >= 0.6 is 0 Å². The van der Waals surface area contributed by atoms with E-state index in [0.717, 1.165) is 5.39 Å². The van der Waals surface area contributed by atoms with Gasteiger partial charge in [-0.1, -0.05) is 0 Å². The summed E-state index contributed by atoms with van der Waals surface area (Å²) >= 11 is 0. The predicted molar refractivity (Wildman–Crippen MR) is 122 cm³/mol. The first-order chi connectivity index (χ1) is 16.1. The fourth-order valence-corrected chi connectivity index (χ4v) is 4.09. The Bertz CT molecular complexity index is 1370. The lowest BCUT2D eigenvalue weighted by molar-refractivity contribution is -0.132. The summed E-state index contributed by atoms with van der Waals surface area (Å²) in [5.74, 6) is 1.62. The van der Waals surface area contributed by atoms with Crippen LogP contribution in [0.5, 0.6) is 11.5 Å². The van der Waals surface area contributed by atoms with Crippen molar-refractivity contribution in [3.63, 3.8) is 0 Å². The molecule has 1 N–H and O–H groups in total. The first-order valence-electron chi connectivity index (χ1n) is 10.5. The van der Waals surface area contributed by atoms with E-state index < -0.39 is 0 Å². The van der Waals surface area contributed by atoms with Crippen LogP contribution in [0.4, 0.5) is 5.95 Å². The molecule has 1 aliphatic heterocycles. The molecule has 1 aliphatic rings. The van der Waals surface area contributed by atoms with Gasteiger partial charge >= 0.3 is 0 Å². The van der Waals surface area contributed by atoms with Gasteiger partial charge in [-0.15, -0.1) is 0 Å². The SMILES string of the molecule is COc1cc2[nH]c3c(=O)n(CC(=O)N4CCN(c5ncccn5)CC4)cnc3c2cc1OC. The van der Waals surface area contributed by atoms with Gasteiger partial charge in [0.25, 0.3) is 5.56 Å². The van der Waals surface area contributed by atoms with Crippen LogP contribution in [0.3, 0.4) is 0 Å². The molecule has 4 aromatic rings. The standard InChI is InChI=1S/C22H23N7O4/c1-32-16-10-14-15(11-17(16)33-2)26-20-19(14)25-13-29(21(20)31)12-18(30)27-6-8-28(9-7-27)22-23-4-3-5-24-22/h3-5,10-11,13,26H,6-9,12H2,1-2H3. The van der Waals surface area contributed by atoms with Gasteiger partial charge in [-0.2, -0.15) is 0 Å². The summed E-state index contributed by atoms with van der Waals surface area (Å²) < 4.78 is 12.0. The molecular weight excluding hydrogens is 426 g/mol. The maximum absolute atomic E-state index is 13.1. The minimum absolute atomic E-state index is 0.0778. The lowest BCUT2D eigenvalue weighted by Crippen LogP contribution is -2.50. The zero-order valence-corrected chi connectivity index (χ0v) is 18.3. The average molecular weight is 449 g/mol. The molecule has 0 unspecified atom stereocenters. The number of benzene rings is 1. The van der Waals surface area contributed by atoms with Crippen molar-refractivity contribution in [1.82, 2.24) is 29.4 Å². The molecule has 11 heteroatoms. The van der Waals surface area contributed by atoms with E-state index in [9.17, 15) is 9.59 Å². The Morgan fingerprint density at radius 3 is 2.42 bits per heavy atom. The van der Waals surface area contributed by atoms with E-state index >= 15 is 0 Å². The van der Waals surface area contributed by atoms with Crippen molar-refractivity contribution in [3.8, 4) is 11.5 Å². The number of nitrogens with zero attached hydrogens (tertiary/aromatic N) is 6. The first-order valence-corrected chi connectivity index (χ1v) is 10.5. The normalized spacial score (nSPS) is 14.1. The van der Waals surface area contributed by atoms with Crippen LogP contribution in [0.15, 0.2) is 41.7 Å². The molecule has 0 bridgehead atoms. The number of aromatic nitrogens is 5. The monoisotopic (exact) mass is 449 g/mol. The molecule has 0 atom stereocenters. The molecule has 0 spiro atoms. The highest BCUT2D eigenvalue weighted by atomic mass is 16.5. The maximum Gasteiger partial charge on any atom is 0.278 e. The smallest absolute Gasteiger partial charge is 0.278 e. The molecule has 4 heterocycles. The summed E-state index contributed by atoms with van der Waals surface area (Å²) in [5, 5.41) is 0.748. The van der Waals surface area contributed by atoms with E-state index in [1.807, 2.05) is 4.90 Å². The number of carbonyl (C=O) groups excluding carboxylic acids is 1. The highest BCUT2D eigenvalue weighted by Crippen LogP contribution is 2.34. The predicted octanol–water partition coefficient (Wildman–Crippen LogP) is 1.03. The summed E-state index contributed by atoms with van der Waals surface area (Å²) in [6, 6.07) is 5.32. The molecule has 0 aliphatic carbocycles. The van der Waals surface area contributed by atoms with Gasteiger partial charge < -0.3 is 24.3 Å². The zero-order chi connectivity index (χ0) is 22.9. The van der Waals surface area contributed by atoms with E-state index in [1.165, 1.54) is 10.9 Å². The number of hydrogen-bond donors (Lipinski definition) is 1. The van der Waals surface area contributed by atoms with Gasteiger partial charge in [0, 0.05) is 50.0 Å². The summed E-state index contributed by atoms with van der Waals surface area (Å²) in [6.07, 6.45) is 4.82. The van der Waals surface area contributed by atoms with Gasteiger partial charge in [-0.25, -0.2) is 15.0 Å². The van der Waals surface area contributed by atoms with E-state index in [2.05, 4.69) is 19.9 Å². The fourth-order valence-electron chi connectivity index (χ4n) is 4.09. The van der Waals surface area contributed by atoms with Gasteiger partial charge in [0.1, 0.15) is 17.6 Å². The molecule has 33 heavy (non-hydrogen) atoms. The van der Waals surface area contributed by atoms with Gasteiger partial charge in [0.2, 0.25) is 11.9 Å². The third kappa shape index (κ3) is 3.71. The molecule has 1 aromatic carbocycles. The number of fused-ring (bicyclic) bond motifs is 3. The Balaban J connectivity index is 1.36. The Morgan fingerprint density at radius 1 is 1.03 bits per heavy atom. The lowest BCUT2D eigenvalue weighted by atomic mass is 10.2. The molecule has 0 radical (unpaired) electrons. The number of rotatable bonds is 5. The minimum Gasteiger partial charge on any atom is -0.493 e. The number of H-pyrrole nitrogens is 1. The van der Waals surface area contributed by atoms with Gasteiger partial charge in [0.05, 0.1) is 26.1 Å². The van der Waals surface area contributed by atoms with Crippen molar-refractivity contribution in [1.29, 1.82) is 0 Å². The summed E-state index contributed by atoms with van der Waals surface area (Å²) in [5.41, 5.74) is 1.26. The Morgan fingerprint density at radius 2 is 1.73 bits per heavy atom. The van der Waals surface area contributed by atoms with Crippen LogP contribution < -0.4 is 19.9 Å². The van der Waals surface area contributed by atoms with E-state index in [4.69, 9.17) is 9.47 Å². The summed E-state index contributed by atoms with van der Waals surface area (Å²) in [6.45, 7) is 2.26. The third-order valence-electron chi connectivity index (χ3n) is 5.85. The van der Waals surface area contributed by atoms with Crippen LogP contribution in [-0.4, -0.2) is 75.7 Å². The topological polar surface area (TPSA) is 118 Å². The number of carbonyl (C=O) groups is 1. The minimum atomic E-state index is -0.307. The molecule has 5 rings (SSSR count). The molecule has 170 valence electrons. The number of amides is 1. The van der Waals surface area contributed by atoms with Crippen LogP contribution in [0, 0.1) is 0 Å². The second-order valence-electron chi connectivity index (χ2n) is 7.70. The summed E-state index contributed by atoms with van der Waals surface area (Å²) in [4.78, 5) is 45.8. The Labute approximate surface area is 188 Å². The fraction of sp³-hybridized carbons (Fsp3) is 0.318. The van der Waals surface area contributed by atoms with Gasteiger partial charge in [-0.05, 0) is 12.1 Å². The van der Waals surface area contributed by atoms with E-state index in [0.29, 0.717) is 60.2 Å². The van der Waals surface area contributed by atoms with Crippen LogP contribution in [-0.2, 0) is 11.3 Å². The number of hydrogen-bond acceptors (Lipinski definition) is 8. The number of ether oxygens (including phenoxy) is 2. The van der Waals surface area contributed by atoms with Crippen molar-refractivity contribution >= 4 is 33.8 Å². The van der Waals surface area contributed by atoms with Crippen molar-refractivity contribution in [2.24, 2.45) is 0 Å². The van der Waals surface area contributed by atoms with Gasteiger partial charge in [-0.3, -0.25) is 14.2 Å². The number of anilines is 1. The molecule has 0 saturated carbocycles. The molecule has 1 amide bonds. The highest BCUT2D eigenvalue weighted by molar-refractivity contribution is 6.05. The lowest BCUT2D eigenvalue weighted by Gasteiger charge is -2.34. The number of aromatic amines is 1. The zero-order valence-electron chi connectivity index (χ0n) is 18.3. The number of methoxy groups -OCH3 is 2. The second kappa shape index (κ2) is 8.41. The van der Waals surface area contributed by atoms with Crippen LogP contribution in [0.1, 0.15) is 0 Å². The van der Waals surface area contributed by atoms with Gasteiger partial charge in [0.15, 0.2) is 11.5 Å². The average Bonchev–Trinajstić information content (AvgIpc) is 3.23. The molecule has 11 nitrogen and oxygen atoms in total. The van der Waals surface area contributed by atoms with Crippen molar-refractivity contribution in [3.05, 3.63) is 47.3 Å². The maximum atomic E-state index is 13.1. The van der Waals surface area contributed by atoms with E-state index in [1.54, 1.807) is 49.7 Å². The number of nitrogens with one attached hydrogen (secondary N) is 1. The molecule has 1 fully saturated rings. The van der Waals surface area contributed by atoms with Crippen molar-refractivity contribution in [2.75, 3.05) is 45.3 Å². The second-order valence-corrected chi connectivity index (χ2v) is 7.70. The summed E-state index contributed by atoms with van der Waals surface area (Å²) in [7, 11) is 3.10. The van der Waals surface area contributed by atoms with Crippen molar-refractivity contribution < 1.29 is 14.3 Å². The third-order valence-corrected chi connectivity index (χ3v) is 5.85. The van der Waals surface area contributed by atoms with Crippen LogP contribution in [0.2, 0.25) is 0 Å². The van der Waals surface area contributed by atoms with Crippen molar-refractivity contribution in [2.45, 2.75) is 6.54 Å². The molecule has 1 saturated heterocycles. The van der Waals surface area contributed by atoms with E-state index in [-0.39, 0.29) is 18.0 Å². The quantitative estimate of drug-likeness (QED) is 0.480. The molecular formula is C22H23N7O4.